The Balaban J connectivity index is 1.46. The standard InChI is InChI=1S/C35H48N6O3S/c1-5-22-41(23-6-2)24-10-15-33(35(42)39-26(3)31-14-9-12-29-11-7-8-13-32(29)31)40-45(43,44)30-18-16-28(17-19-30)25-38-27(4)34-36-20-21-37-34/h7-9,11-14,16-21,26-27,33,38,40H,5-6,10,15,22-25H2,1-4H3,(H,36,37)(H,39,42)/t26?,27-,33-/m0/s1. The smallest absolute Gasteiger partial charge is 0.241 e. The van der Waals surface area contributed by atoms with Gasteiger partial charge in [-0.3, -0.25) is 4.79 Å². The Morgan fingerprint density at radius 1 is 0.911 bits per heavy atom. The monoisotopic (exact) mass is 632 g/mol. The molecule has 3 aromatic carbocycles. The van der Waals surface area contributed by atoms with Crippen molar-refractivity contribution in [1.82, 2.24) is 30.2 Å². The molecule has 4 aromatic rings. The molecule has 242 valence electrons. The predicted octanol–water partition coefficient (Wildman–Crippen LogP) is 5.84. The van der Waals surface area contributed by atoms with E-state index in [1.54, 1.807) is 36.7 Å². The van der Waals surface area contributed by atoms with Crippen LogP contribution in [-0.4, -0.2) is 54.9 Å². The van der Waals surface area contributed by atoms with Gasteiger partial charge in [-0.2, -0.15) is 4.72 Å². The third-order valence-electron chi connectivity index (χ3n) is 8.08. The van der Waals surface area contributed by atoms with Gasteiger partial charge >= 0.3 is 0 Å². The lowest BCUT2D eigenvalue weighted by Gasteiger charge is -2.25. The van der Waals surface area contributed by atoms with Gasteiger partial charge in [-0.15, -0.1) is 0 Å². The molecule has 0 fully saturated rings. The van der Waals surface area contributed by atoms with Crippen LogP contribution in [0, 0.1) is 0 Å². The number of carbonyl (C=O) groups excluding carboxylic acids is 1. The number of carbonyl (C=O) groups is 1. The van der Waals surface area contributed by atoms with E-state index in [2.05, 4.69) is 44.1 Å². The van der Waals surface area contributed by atoms with Gasteiger partial charge in [0.25, 0.3) is 0 Å². The van der Waals surface area contributed by atoms with E-state index in [9.17, 15) is 13.2 Å². The van der Waals surface area contributed by atoms with Crippen molar-refractivity contribution in [3.05, 3.63) is 96.1 Å². The molecule has 0 radical (unpaired) electrons. The summed E-state index contributed by atoms with van der Waals surface area (Å²) in [5.74, 6) is 0.509. The summed E-state index contributed by atoms with van der Waals surface area (Å²) in [7, 11) is -3.95. The molecule has 0 spiro atoms. The summed E-state index contributed by atoms with van der Waals surface area (Å²) in [6.45, 7) is 11.6. The van der Waals surface area contributed by atoms with Crippen LogP contribution in [0.2, 0.25) is 0 Å². The van der Waals surface area contributed by atoms with Crippen molar-refractivity contribution >= 4 is 26.7 Å². The molecule has 3 atom stereocenters. The number of hydrogen-bond acceptors (Lipinski definition) is 6. The maximum absolute atomic E-state index is 13.7. The Labute approximate surface area is 268 Å². The van der Waals surface area contributed by atoms with Gasteiger partial charge in [-0.25, -0.2) is 13.4 Å². The summed E-state index contributed by atoms with van der Waals surface area (Å²) in [4.78, 5) is 23.6. The highest BCUT2D eigenvalue weighted by Crippen LogP contribution is 2.24. The van der Waals surface area contributed by atoms with Crippen LogP contribution >= 0.6 is 0 Å². The summed E-state index contributed by atoms with van der Waals surface area (Å²) >= 11 is 0. The molecule has 45 heavy (non-hydrogen) atoms. The topological polar surface area (TPSA) is 119 Å². The summed E-state index contributed by atoms with van der Waals surface area (Å²) in [6, 6.07) is 19.7. The Morgan fingerprint density at radius 3 is 2.31 bits per heavy atom. The van der Waals surface area contributed by atoms with Crippen LogP contribution in [0.5, 0.6) is 0 Å². The highest BCUT2D eigenvalue weighted by Gasteiger charge is 2.27. The average Bonchev–Trinajstić information content (AvgIpc) is 3.59. The molecule has 9 nitrogen and oxygen atoms in total. The number of nitrogens with one attached hydrogen (secondary N) is 4. The number of nitrogens with zero attached hydrogens (tertiary/aromatic N) is 2. The first-order valence-corrected chi connectivity index (χ1v) is 17.5. The number of fused-ring (bicyclic) bond motifs is 1. The van der Waals surface area contributed by atoms with Crippen LogP contribution in [-0.2, 0) is 21.4 Å². The van der Waals surface area contributed by atoms with Gasteiger partial charge in [0.1, 0.15) is 11.9 Å². The number of sulfonamides is 1. The first kappa shape index (κ1) is 34.3. The Kier molecular flexibility index (Phi) is 12.7. The van der Waals surface area contributed by atoms with Gasteiger partial charge in [0.05, 0.1) is 17.0 Å². The minimum atomic E-state index is -3.95. The van der Waals surface area contributed by atoms with E-state index in [-0.39, 0.29) is 22.9 Å². The maximum Gasteiger partial charge on any atom is 0.241 e. The molecule has 0 bridgehead atoms. The zero-order chi connectivity index (χ0) is 32.2. The molecule has 0 saturated carbocycles. The molecule has 1 aromatic heterocycles. The van der Waals surface area contributed by atoms with Crippen molar-refractivity contribution < 1.29 is 13.2 Å². The largest absolute Gasteiger partial charge is 0.348 e. The molecule has 1 amide bonds. The van der Waals surface area contributed by atoms with Crippen molar-refractivity contribution in [2.75, 3.05) is 19.6 Å². The molecule has 10 heteroatoms. The third kappa shape index (κ3) is 9.71. The summed E-state index contributed by atoms with van der Waals surface area (Å²) in [5, 5.41) is 8.64. The van der Waals surface area contributed by atoms with E-state index in [0.29, 0.717) is 19.4 Å². The van der Waals surface area contributed by atoms with Crippen LogP contribution in [0.3, 0.4) is 0 Å². The van der Waals surface area contributed by atoms with Crippen LogP contribution in [0.25, 0.3) is 10.8 Å². The Bertz CT molecular complexity index is 1580. The van der Waals surface area contributed by atoms with Gasteiger partial charge in [0.15, 0.2) is 0 Å². The molecule has 0 saturated heterocycles. The summed E-state index contributed by atoms with van der Waals surface area (Å²) < 4.78 is 29.9. The van der Waals surface area contributed by atoms with Gasteiger partial charge < -0.3 is 20.5 Å². The average molecular weight is 633 g/mol. The molecule has 0 aliphatic heterocycles. The Morgan fingerprint density at radius 2 is 1.62 bits per heavy atom. The fourth-order valence-corrected chi connectivity index (χ4v) is 6.90. The number of rotatable bonds is 18. The van der Waals surface area contributed by atoms with Gasteiger partial charge in [-0.1, -0.05) is 68.4 Å². The predicted molar refractivity (Wildman–Crippen MR) is 181 cm³/mol. The normalized spacial score (nSPS) is 14.0. The first-order valence-electron chi connectivity index (χ1n) is 16.1. The van der Waals surface area contributed by atoms with Crippen molar-refractivity contribution in [3.8, 4) is 0 Å². The number of imidazole rings is 1. The zero-order valence-corrected chi connectivity index (χ0v) is 27.7. The van der Waals surface area contributed by atoms with E-state index in [1.807, 2.05) is 56.3 Å². The lowest BCUT2D eigenvalue weighted by atomic mass is 9.99. The molecule has 1 heterocycles. The number of hydrogen-bond donors (Lipinski definition) is 4. The Hall–Kier alpha value is -3.57. The van der Waals surface area contributed by atoms with Gasteiger partial charge in [-0.05, 0) is 93.2 Å². The lowest BCUT2D eigenvalue weighted by molar-refractivity contribution is -0.123. The highest BCUT2D eigenvalue weighted by molar-refractivity contribution is 7.89. The van der Waals surface area contributed by atoms with Crippen LogP contribution in [0.4, 0.5) is 0 Å². The molecule has 0 aliphatic rings. The van der Waals surface area contributed by atoms with E-state index >= 15 is 0 Å². The van der Waals surface area contributed by atoms with Gasteiger partial charge in [0.2, 0.25) is 15.9 Å². The van der Waals surface area contributed by atoms with Crippen LogP contribution in [0.1, 0.15) is 82.4 Å². The van der Waals surface area contributed by atoms with Gasteiger partial charge in [0, 0.05) is 18.9 Å². The fourth-order valence-electron chi connectivity index (χ4n) is 5.67. The maximum atomic E-state index is 13.7. The molecular formula is C35H48N6O3S. The van der Waals surface area contributed by atoms with Crippen molar-refractivity contribution in [2.24, 2.45) is 0 Å². The minimum Gasteiger partial charge on any atom is -0.348 e. The van der Waals surface area contributed by atoms with Crippen molar-refractivity contribution in [2.45, 2.75) is 82.9 Å². The second-order valence-electron chi connectivity index (χ2n) is 11.7. The second kappa shape index (κ2) is 16.7. The number of benzene rings is 3. The molecule has 4 N–H and O–H groups in total. The quantitative estimate of drug-likeness (QED) is 0.109. The number of aromatic amines is 1. The van der Waals surface area contributed by atoms with E-state index in [1.165, 1.54) is 0 Å². The van der Waals surface area contributed by atoms with Crippen LogP contribution < -0.4 is 15.4 Å². The lowest BCUT2D eigenvalue weighted by Crippen LogP contribution is -2.47. The molecule has 4 rings (SSSR count). The third-order valence-corrected chi connectivity index (χ3v) is 9.57. The van der Waals surface area contributed by atoms with Crippen molar-refractivity contribution in [3.63, 3.8) is 0 Å². The number of amides is 1. The minimum absolute atomic E-state index is 0.0196. The second-order valence-corrected chi connectivity index (χ2v) is 13.4. The number of aromatic nitrogens is 2. The van der Waals surface area contributed by atoms with E-state index < -0.39 is 16.1 Å². The zero-order valence-electron chi connectivity index (χ0n) is 26.9. The number of H-pyrrole nitrogens is 1. The SMILES string of the molecule is CCCN(CCC)CCC[C@H](NS(=O)(=O)c1ccc(CN[C@@H](C)c2ncc[nH]2)cc1)C(=O)NC(C)c1cccc2ccccc12. The molecule has 1 unspecified atom stereocenters. The fraction of sp³-hybridized carbons (Fsp3) is 0.429. The van der Waals surface area contributed by atoms with E-state index in [4.69, 9.17) is 0 Å². The summed E-state index contributed by atoms with van der Waals surface area (Å²) in [6.07, 6.45) is 6.68. The van der Waals surface area contributed by atoms with Crippen molar-refractivity contribution in [1.29, 1.82) is 0 Å². The molecule has 0 aliphatic carbocycles. The van der Waals surface area contributed by atoms with Crippen LogP contribution in [0.15, 0.2) is 84.0 Å². The summed E-state index contributed by atoms with van der Waals surface area (Å²) in [5.41, 5.74) is 1.93. The molecular weight excluding hydrogens is 584 g/mol. The highest BCUT2D eigenvalue weighted by atomic mass is 32.2. The first-order chi connectivity index (χ1) is 21.7. The van der Waals surface area contributed by atoms with E-state index in [0.717, 1.165) is 60.2 Å².